The van der Waals surface area contributed by atoms with Crippen LogP contribution in [0.1, 0.15) is 11.4 Å². The maximum Gasteiger partial charge on any atom is 0.435 e. The van der Waals surface area contributed by atoms with Gasteiger partial charge in [0.25, 0.3) is 0 Å². The molecule has 9 nitrogen and oxygen atoms in total. The van der Waals surface area contributed by atoms with E-state index in [1.54, 1.807) is 18.2 Å². The Balaban J connectivity index is 2.19. The summed E-state index contributed by atoms with van der Waals surface area (Å²) in [5.41, 5.74) is -1.78. The molecule has 0 aliphatic rings. The smallest absolute Gasteiger partial charge is 0.435 e. The molecule has 0 bridgehead atoms. The maximum absolute atomic E-state index is 13.9. The number of hydrazine groups is 1. The van der Waals surface area contributed by atoms with Crippen molar-refractivity contribution in [3.63, 3.8) is 0 Å². The Morgan fingerprint density at radius 2 is 1.65 bits per heavy atom. The first-order valence-electron chi connectivity index (χ1n) is 9.09. The summed E-state index contributed by atoms with van der Waals surface area (Å²) in [6.07, 6.45) is -10.8. The van der Waals surface area contributed by atoms with E-state index in [9.17, 15) is 31.1 Å². The number of halogens is 6. The minimum Gasteiger partial charge on any atom is -0.464 e. The lowest BCUT2D eigenvalue weighted by molar-refractivity contribution is -0.141. The zero-order chi connectivity index (χ0) is 25.1. The number of rotatable bonds is 5. The molecule has 34 heavy (non-hydrogen) atoms. The fourth-order valence-corrected chi connectivity index (χ4v) is 2.46. The van der Waals surface area contributed by atoms with Crippen molar-refractivity contribution in [1.82, 2.24) is 20.0 Å². The number of azo groups is 1. The first-order chi connectivity index (χ1) is 15.9. The maximum atomic E-state index is 13.9. The van der Waals surface area contributed by atoms with E-state index in [2.05, 4.69) is 30.6 Å². The topological polar surface area (TPSA) is 116 Å². The molecule has 1 amide bonds. The molecular weight excluding hydrogens is 472 g/mol. The molecule has 0 radical (unpaired) electrons. The van der Waals surface area contributed by atoms with Crippen LogP contribution in [0.4, 0.5) is 48.3 Å². The van der Waals surface area contributed by atoms with Gasteiger partial charge in [-0.05, 0) is 24.3 Å². The molecule has 0 saturated heterocycles. The number of nitrogens with one attached hydrogen (secondary N) is 1. The van der Waals surface area contributed by atoms with Crippen LogP contribution < -0.4 is 5.43 Å². The summed E-state index contributed by atoms with van der Waals surface area (Å²) in [7, 11) is 0.981. The van der Waals surface area contributed by atoms with Crippen LogP contribution in [-0.4, -0.2) is 38.2 Å². The van der Waals surface area contributed by atoms with E-state index in [0.29, 0.717) is 17.3 Å². The predicted molar refractivity (Wildman–Crippen MR) is 105 cm³/mol. The van der Waals surface area contributed by atoms with Gasteiger partial charge in [0.05, 0.1) is 5.69 Å². The molecule has 0 fully saturated rings. The van der Waals surface area contributed by atoms with E-state index in [1.807, 2.05) is 0 Å². The van der Waals surface area contributed by atoms with Gasteiger partial charge in [-0.2, -0.15) is 31.5 Å². The molecule has 0 atom stereocenters. The van der Waals surface area contributed by atoms with Crippen molar-refractivity contribution in [2.45, 2.75) is 12.4 Å². The third-order valence-corrected chi connectivity index (χ3v) is 4.05. The molecule has 2 aromatic heterocycles. The van der Waals surface area contributed by atoms with Gasteiger partial charge in [-0.1, -0.05) is 18.2 Å². The monoisotopic (exact) mass is 485 g/mol. The van der Waals surface area contributed by atoms with Gasteiger partial charge in [0.15, 0.2) is 23.0 Å². The lowest BCUT2D eigenvalue weighted by Gasteiger charge is -2.19. The summed E-state index contributed by atoms with van der Waals surface area (Å²) < 4.78 is 79.9. The first kappa shape index (κ1) is 24.3. The summed E-state index contributed by atoms with van der Waals surface area (Å²) in [5.74, 6) is -1.38. The van der Waals surface area contributed by atoms with E-state index in [0.717, 1.165) is 13.1 Å². The zero-order valence-electron chi connectivity index (χ0n) is 16.9. The van der Waals surface area contributed by atoms with Crippen LogP contribution in [0.2, 0.25) is 0 Å². The first-order valence-corrected chi connectivity index (χ1v) is 9.09. The number of hydrogen-bond acceptors (Lipinski definition) is 7. The van der Waals surface area contributed by atoms with Crippen LogP contribution in [0.15, 0.2) is 58.9 Å². The third kappa shape index (κ3) is 5.73. The number of hydrogen-bond donors (Lipinski definition) is 2. The molecule has 2 N–H and O–H groups in total. The molecular formula is C19H13F6N7O2. The minimum absolute atomic E-state index is 0.184. The number of aromatic nitrogens is 3. The van der Waals surface area contributed by atoms with Crippen LogP contribution in [0.3, 0.4) is 0 Å². The number of pyridine rings is 1. The molecule has 0 aliphatic heterocycles. The molecule has 178 valence electrons. The number of carboxylic acid groups (broad SMARTS) is 1. The van der Waals surface area contributed by atoms with Crippen LogP contribution in [0, 0.1) is 0 Å². The van der Waals surface area contributed by atoms with Gasteiger partial charge in [-0.15, -0.1) is 5.11 Å². The highest BCUT2D eigenvalue weighted by molar-refractivity contribution is 5.72. The second kappa shape index (κ2) is 9.29. The molecule has 3 rings (SSSR count). The molecule has 2 heterocycles. The summed E-state index contributed by atoms with van der Waals surface area (Å²) in [6, 6.07) is 9.06. The Morgan fingerprint density at radius 1 is 0.971 bits per heavy atom. The second-order valence-corrected chi connectivity index (χ2v) is 6.51. The van der Waals surface area contributed by atoms with Crippen molar-refractivity contribution in [3.8, 4) is 11.4 Å². The van der Waals surface area contributed by atoms with Gasteiger partial charge in [0, 0.05) is 18.8 Å². The number of alkyl halides is 6. The van der Waals surface area contributed by atoms with Crippen molar-refractivity contribution in [1.29, 1.82) is 0 Å². The number of anilines is 1. The van der Waals surface area contributed by atoms with Crippen LogP contribution in [0.25, 0.3) is 11.4 Å². The van der Waals surface area contributed by atoms with E-state index < -0.39 is 47.2 Å². The van der Waals surface area contributed by atoms with Crippen molar-refractivity contribution in [2.75, 3.05) is 12.5 Å². The number of carbonyl (C=O) groups is 1. The molecule has 15 heteroatoms. The van der Waals surface area contributed by atoms with Crippen LogP contribution >= 0.6 is 0 Å². The second-order valence-electron chi connectivity index (χ2n) is 6.51. The molecule has 0 spiro atoms. The SMILES string of the molecule is CN(Nc1nc(-c2ccc(C(F)(F)F)nc2)nc(C(F)(F)F)c1N=Nc1ccccc1)C(=O)O. The quantitative estimate of drug-likeness (QED) is 0.263. The van der Waals surface area contributed by atoms with E-state index >= 15 is 0 Å². The molecule has 0 aliphatic carbocycles. The number of benzene rings is 1. The Hall–Kier alpha value is -4.30. The molecule has 0 unspecified atom stereocenters. The Labute approximate surface area is 186 Å². The highest BCUT2D eigenvalue weighted by atomic mass is 19.4. The van der Waals surface area contributed by atoms with Gasteiger partial charge >= 0.3 is 18.4 Å². The lowest BCUT2D eigenvalue weighted by atomic mass is 10.2. The average molecular weight is 485 g/mol. The molecule has 3 aromatic rings. The third-order valence-electron chi connectivity index (χ3n) is 4.05. The largest absolute Gasteiger partial charge is 0.464 e. The Morgan fingerprint density at radius 3 is 2.18 bits per heavy atom. The summed E-state index contributed by atoms with van der Waals surface area (Å²) in [6.45, 7) is 0. The van der Waals surface area contributed by atoms with Crippen molar-refractivity contribution >= 4 is 23.3 Å². The van der Waals surface area contributed by atoms with Gasteiger partial charge in [0.2, 0.25) is 0 Å². The summed E-state index contributed by atoms with van der Waals surface area (Å²) >= 11 is 0. The van der Waals surface area contributed by atoms with Gasteiger partial charge in [-0.3, -0.25) is 10.4 Å². The van der Waals surface area contributed by atoms with Gasteiger partial charge in [0.1, 0.15) is 5.69 Å². The normalized spacial score (nSPS) is 12.1. The van der Waals surface area contributed by atoms with Crippen molar-refractivity contribution < 1.29 is 36.2 Å². The lowest BCUT2D eigenvalue weighted by Crippen LogP contribution is -2.31. The number of amides is 1. The predicted octanol–water partition coefficient (Wildman–Crippen LogP) is 5.93. The van der Waals surface area contributed by atoms with E-state index in [-0.39, 0.29) is 11.3 Å². The zero-order valence-corrected chi connectivity index (χ0v) is 16.9. The van der Waals surface area contributed by atoms with Crippen molar-refractivity contribution in [3.05, 3.63) is 60.0 Å². The van der Waals surface area contributed by atoms with Crippen LogP contribution in [0.5, 0.6) is 0 Å². The van der Waals surface area contributed by atoms with Crippen LogP contribution in [-0.2, 0) is 12.4 Å². The van der Waals surface area contributed by atoms with Crippen molar-refractivity contribution in [2.24, 2.45) is 10.2 Å². The highest BCUT2D eigenvalue weighted by Gasteiger charge is 2.39. The average Bonchev–Trinajstić information content (AvgIpc) is 2.77. The van der Waals surface area contributed by atoms with Gasteiger partial charge in [-0.25, -0.2) is 19.8 Å². The van der Waals surface area contributed by atoms with E-state index in [4.69, 9.17) is 5.11 Å². The summed E-state index contributed by atoms with van der Waals surface area (Å²) in [5, 5.41) is 16.8. The standard InChI is InChI=1S/C19H13F6N7O2/c1-32(17(33)34)31-16-13(30-29-11-5-3-2-4-6-11)14(19(23,24)25)27-15(28-16)10-7-8-12(26-9-10)18(20,21)22/h2-9H,1H3,(H,33,34)(H,27,28,31). The minimum atomic E-state index is -5.11. The van der Waals surface area contributed by atoms with Gasteiger partial charge < -0.3 is 5.11 Å². The highest BCUT2D eigenvalue weighted by Crippen LogP contribution is 2.41. The fourth-order valence-electron chi connectivity index (χ4n) is 2.46. The molecule has 0 saturated carbocycles. The fraction of sp³-hybridized carbons (Fsp3) is 0.158. The van der Waals surface area contributed by atoms with E-state index in [1.165, 1.54) is 12.1 Å². The Bertz CT molecular complexity index is 1200. The summed E-state index contributed by atoms with van der Waals surface area (Å²) in [4.78, 5) is 21.6. The Kier molecular flexibility index (Phi) is 6.65. The number of nitrogens with zero attached hydrogens (tertiary/aromatic N) is 6. The molecule has 1 aromatic carbocycles.